The summed E-state index contributed by atoms with van der Waals surface area (Å²) < 4.78 is 0. The first kappa shape index (κ1) is 11.5. The molecule has 0 radical (unpaired) electrons. The van der Waals surface area contributed by atoms with Gasteiger partial charge in [0.1, 0.15) is 0 Å². The minimum atomic E-state index is -0.153. The average molecular weight is 219 g/mol. The van der Waals surface area contributed by atoms with Crippen LogP contribution in [0.4, 0.5) is 5.69 Å². The van der Waals surface area contributed by atoms with Crippen molar-refractivity contribution in [3.63, 3.8) is 0 Å². The highest BCUT2D eigenvalue weighted by atomic mass is 16.3. The molecule has 1 atom stereocenters. The van der Waals surface area contributed by atoms with E-state index in [1.807, 2.05) is 6.92 Å². The summed E-state index contributed by atoms with van der Waals surface area (Å²) in [4.78, 5) is 2.42. The number of anilines is 1. The lowest BCUT2D eigenvalue weighted by Crippen LogP contribution is -2.36. The van der Waals surface area contributed by atoms with Gasteiger partial charge < -0.3 is 10.0 Å². The van der Waals surface area contributed by atoms with Gasteiger partial charge in [-0.25, -0.2) is 0 Å². The Hall–Kier alpha value is -1.02. The van der Waals surface area contributed by atoms with Crippen LogP contribution in [-0.2, 0) is 0 Å². The predicted molar refractivity (Wildman–Crippen MR) is 67.8 cm³/mol. The topological polar surface area (TPSA) is 23.5 Å². The van der Waals surface area contributed by atoms with Gasteiger partial charge in [0.15, 0.2) is 0 Å². The summed E-state index contributed by atoms with van der Waals surface area (Å²) >= 11 is 0. The Kier molecular flexibility index (Phi) is 3.49. The van der Waals surface area contributed by atoms with Crippen molar-refractivity contribution in [2.24, 2.45) is 5.92 Å². The summed E-state index contributed by atoms with van der Waals surface area (Å²) in [6.07, 6.45) is 2.05. The Morgan fingerprint density at radius 2 is 1.75 bits per heavy atom. The molecular weight excluding hydrogens is 198 g/mol. The van der Waals surface area contributed by atoms with Crippen LogP contribution < -0.4 is 4.90 Å². The van der Waals surface area contributed by atoms with Crippen LogP contribution in [0.5, 0.6) is 0 Å². The SMILES string of the molecule is Cc1ccc(N2CCC(C(C)O)CC2)cc1. The number of nitrogens with zero attached hydrogens (tertiary/aromatic N) is 1. The fourth-order valence-electron chi connectivity index (χ4n) is 2.40. The molecule has 0 bridgehead atoms. The van der Waals surface area contributed by atoms with Gasteiger partial charge in [0.2, 0.25) is 0 Å². The third kappa shape index (κ3) is 2.56. The Balaban J connectivity index is 1.96. The second kappa shape index (κ2) is 4.88. The molecular formula is C14H21NO. The third-order valence-corrected chi connectivity index (χ3v) is 3.62. The molecule has 0 amide bonds. The van der Waals surface area contributed by atoms with Gasteiger partial charge in [-0.1, -0.05) is 17.7 Å². The molecule has 0 aromatic heterocycles. The van der Waals surface area contributed by atoms with E-state index in [0.717, 1.165) is 25.9 Å². The van der Waals surface area contributed by atoms with Crippen LogP contribution in [0, 0.1) is 12.8 Å². The van der Waals surface area contributed by atoms with Crippen LogP contribution in [0.3, 0.4) is 0 Å². The maximum atomic E-state index is 9.55. The molecule has 1 aromatic carbocycles. The van der Waals surface area contributed by atoms with Crippen LogP contribution in [0.25, 0.3) is 0 Å². The van der Waals surface area contributed by atoms with Gasteiger partial charge in [-0.2, -0.15) is 0 Å². The normalized spacial score (nSPS) is 19.8. The summed E-state index contributed by atoms with van der Waals surface area (Å²) in [5.41, 5.74) is 2.62. The Labute approximate surface area is 97.9 Å². The van der Waals surface area contributed by atoms with Gasteiger partial charge in [-0.05, 0) is 44.7 Å². The van der Waals surface area contributed by atoms with E-state index in [1.165, 1.54) is 11.3 Å². The van der Waals surface area contributed by atoms with E-state index in [-0.39, 0.29) is 6.10 Å². The average Bonchev–Trinajstić information content (AvgIpc) is 2.30. The molecule has 16 heavy (non-hydrogen) atoms. The van der Waals surface area contributed by atoms with Gasteiger partial charge in [0.05, 0.1) is 6.10 Å². The van der Waals surface area contributed by atoms with Crippen LogP contribution >= 0.6 is 0 Å². The number of piperidine rings is 1. The lowest BCUT2D eigenvalue weighted by Gasteiger charge is -2.34. The van der Waals surface area contributed by atoms with Crippen LogP contribution in [0.1, 0.15) is 25.3 Å². The highest BCUT2D eigenvalue weighted by molar-refractivity contribution is 5.47. The molecule has 0 saturated carbocycles. The van der Waals surface area contributed by atoms with E-state index in [1.54, 1.807) is 0 Å². The zero-order valence-corrected chi connectivity index (χ0v) is 10.2. The van der Waals surface area contributed by atoms with Gasteiger partial charge in [0.25, 0.3) is 0 Å². The Morgan fingerprint density at radius 3 is 2.25 bits per heavy atom. The molecule has 88 valence electrons. The van der Waals surface area contributed by atoms with Crippen molar-refractivity contribution in [1.29, 1.82) is 0 Å². The first-order chi connectivity index (χ1) is 7.66. The van der Waals surface area contributed by atoms with Crippen molar-refractivity contribution >= 4 is 5.69 Å². The van der Waals surface area contributed by atoms with Crippen molar-refractivity contribution in [3.8, 4) is 0 Å². The number of hydrogen-bond acceptors (Lipinski definition) is 2. The molecule has 1 aliphatic heterocycles. The smallest absolute Gasteiger partial charge is 0.0541 e. The second-order valence-electron chi connectivity index (χ2n) is 4.90. The molecule has 2 heteroatoms. The molecule has 1 fully saturated rings. The summed E-state index contributed by atoms with van der Waals surface area (Å²) in [6, 6.07) is 8.71. The minimum Gasteiger partial charge on any atom is -0.393 e. The van der Waals surface area contributed by atoms with Gasteiger partial charge in [-0.15, -0.1) is 0 Å². The zero-order valence-electron chi connectivity index (χ0n) is 10.2. The highest BCUT2D eigenvalue weighted by Gasteiger charge is 2.22. The first-order valence-electron chi connectivity index (χ1n) is 6.16. The number of aliphatic hydroxyl groups is 1. The van der Waals surface area contributed by atoms with Crippen LogP contribution in [0.15, 0.2) is 24.3 Å². The molecule has 1 saturated heterocycles. The fraction of sp³-hybridized carbons (Fsp3) is 0.571. The molecule has 2 nitrogen and oxygen atoms in total. The van der Waals surface area contributed by atoms with Crippen LogP contribution in [0.2, 0.25) is 0 Å². The van der Waals surface area contributed by atoms with E-state index in [2.05, 4.69) is 36.1 Å². The lowest BCUT2D eigenvalue weighted by atomic mass is 9.92. The largest absolute Gasteiger partial charge is 0.393 e. The number of aliphatic hydroxyl groups excluding tert-OH is 1. The van der Waals surface area contributed by atoms with E-state index in [9.17, 15) is 5.11 Å². The van der Waals surface area contributed by atoms with Crippen molar-refractivity contribution < 1.29 is 5.11 Å². The molecule has 0 spiro atoms. The van der Waals surface area contributed by atoms with Crippen molar-refractivity contribution in [1.82, 2.24) is 0 Å². The maximum Gasteiger partial charge on any atom is 0.0541 e. The maximum absolute atomic E-state index is 9.55. The predicted octanol–water partition coefficient (Wildman–Crippen LogP) is 2.59. The number of rotatable bonds is 2. The minimum absolute atomic E-state index is 0.153. The number of benzene rings is 1. The Morgan fingerprint density at radius 1 is 1.19 bits per heavy atom. The van der Waals surface area contributed by atoms with E-state index < -0.39 is 0 Å². The summed E-state index contributed by atoms with van der Waals surface area (Å²) in [6.45, 7) is 6.16. The van der Waals surface area contributed by atoms with E-state index in [4.69, 9.17) is 0 Å². The number of hydrogen-bond donors (Lipinski definition) is 1. The molecule has 0 aliphatic carbocycles. The van der Waals surface area contributed by atoms with Crippen molar-refractivity contribution in [2.45, 2.75) is 32.8 Å². The summed E-state index contributed by atoms with van der Waals surface area (Å²) in [5.74, 6) is 0.488. The third-order valence-electron chi connectivity index (χ3n) is 3.62. The quantitative estimate of drug-likeness (QED) is 0.826. The van der Waals surface area contributed by atoms with Gasteiger partial charge in [-0.3, -0.25) is 0 Å². The molecule has 1 heterocycles. The number of aryl methyl sites for hydroxylation is 1. The summed E-state index contributed by atoms with van der Waals surface area (Å²) in [7, 11) is 0. The van der Waals surface area contributed by atoms with Crippen LogP contribution in [-0.4, -0.2) is 24.3 Å². The monoisotopic (exact) mass is 219 g/mol. The standard InChI is InChI=1S/C14H21NO/c1-11-3-5-14(6-4-11)15-9-7-13(8-10-15)12(2)16/h3-6,12-13,16H,7-10H2,1-2H3. The highest BCUT2D eigenvalue weighted by Crippen LogP contribution is 2.25. The van der Waals surface area contributed by atoms with Gasteiger partial charge in [0, 0.05) is 18.8 Å². The molecule has 1 N–H and O–H groups in total. The Bertz CT molecular complexity index is 323. The second-order valence-corrected chi connectivity index (χ2v) is 4.90. The van der Waals surface area contributed by atoms with E-state index in [0.29, 0.717) is 5.92 Å². The summed E-state index contributed by atoms with van der Waals surface area (Å²) in [5, 5.41) is 9.55. The lowest BCUT2D eigenvalue weighted by molar-refractivity contribution is 0.110. The zero-order chi connectivity index (χ0) is 11.5. The molecule has 2 rings (SSSR count). The van der Waals surface area contributed by atoms with Crippen molar-refractivity contribution in [3.05, 3.63) is 29.8 Å². The van der Waals surface area contributed by atoms with Crippen molar-refractivity contribution in [2.75, 3.05) is 18.0 Å². The van der Waals surface area contributed by atoms with E-state index >= 15 is 0 Å². The first-order valence-corrected chi connectivity index (χ1v) is 6.16. The molecule has 1 unspecified atom stereocenters. The molecule has 1 aliphatic rings. The fourth-order valence-corrected chi connectivity index (χ4v) is 2.40. The van der Waals surface area contributed by atoms with Gasteiger partial charge >= 0.3 is 0 Å². The molecule has 1 aromatic rings.